The summed E-state index contributed by atoms with van der Waals surface area (Å²) < 4.78 is 0. The van der Waals surface area contributed by atoms with Crippen LogP contribution in [-0.4, -0.2) is 10.7 Å². The van der Waals surface area contributed by atoms with E-state index in [0.29, 0.717) is 5.41 Å². The molecule has 0 spiro atoms. The molecule has 1 N–H and O–H groups in total. The molecule has 82 valence electrons. The Kier molecular flexibility index (Phi) is 2.06. The number of fused-ring (bicyclic) bond motifs is 1. The minimum atomic E-state index is -0.421. The van der Waals surface area contributed by atoms with Gasteiger partial charge in [0.2, 0.25) is 0 Å². The van der Waals surface area contributed by atoms with Gasteiger partial charge in [0.15, 0.2) is 0 Å². The molecule has 2 fully saturated rings. The van der Waals surface area contributed by atoms with Crippen LogP contribution >= 0.6 is 0 Å². The SMILES string of the molecule is CC1(C)CCC[C@@]2(C)C1CC[C@@]2(C)O. The van der Waals surface area contributed by atoms with Crippen molar-refractivity contribution in [1.82, 2.24) is 0 Å². The minimum absolute atomic E-state index is 0.175. The summed E-state index contributed by atoms with van der Waals surface area (Å²) >= 11 is 0. The van der Waals surface area contributed by atoms with Gasteiger partial charge in [-0.1, -0.05) is 27.2 Å². The summed E-state index contributed by atoms with van der Waals surface area (Å²) in [6.45, 7) is 9.13. The summed E-state index contributed by atoms with van der Waals surface area (Å²) in [5.74, 6) is 0.721. The fraction of sp³-hybridized carbons (Fsp3) is 1.00. The van der Waals surface area contributed by atoms with E-state index in [9.17, 15) is 5.11 Å². The van der Waals surface area contributed by atoms with Crippen molar-refractivity contribution in [2.45, 2.75) is 65.4 Å². The molecule has 0 saturated heterocycles. The minimum Gasteiger partial charge on any atom is -0.390 e. The maximum absolute atomic E-state index is 10.5. The topological polar surface area (TPSA) is 20.2 Å². The molecule has 1 nitrogen and oxygen atoms in total. The van der Waals surface area contributed by atoms with Gasteiger partial charge in [0.25, 0.3) is 0 Å². The second-order valence-corrected chi connectivity index (χ2v) is 6.62. The van der Waals surface area contributed by atoms with Gasteiger partial charge in [-0.2, -0.15) is 0 Å². The Morgan fingerprint density at radius 3 is 2.21 bits per heavy atom. The van der Waals surface area contributed by atoms with E-state index in [0.717, 1.165) is 12.3 Å². The molecule has 2 aliphatic rings. The van der Waals surface area contributed by atoms with Gasteiger partial charge in [-0.15, -0.1) is 0 Å². The predicted molar refractivity (Wildman–Crippen MR) is 59.1 cm³/mol. The van der Waals surface area contributed by atoms with Gasteiger partial charge in [0, 0.05) is 0 Å². The van der Waals surface area contributed by atoms with E-state index in [1.807, 2.05) is 0 Å². The van der Waals surface area contributed by atoms with Crippen molar-refractivity contribution in [3.05, 3.63) is 0 Å². The molecule has 0 aromatic carbocycles. The summed E-state index contributed by atoms with van der Waals surface area (Å²) in [7, 11) is 0. The molecule has 1 unspecified atom stereocenters. The van der Waals surface area contributed by atoms with Crippen LogP contribution in [-0.2, 0) is 0 Å². The largest absolute Gasteiger partial charge is 0.390 e. The van der Waals surface area contributed by atoms with Crippen LogP contribution in [0.2, 0.25) is 0 Å². The van der Waals surface area contributed by atoms with Crippen molar-refractivity contribution in [2.75, 3.05) is 0 Å². The predicted octanol–water partition coefficient (Wildman–Crippen LogP) is 3.36. The van der Waals surface area contributed by atoms with Crippen LogP contribution in [0.3, 0.4) is 0 Å². The molecule has 0 aliphatic heterocycles. The third-order valence-electron chi connectivity index (χ3n) is 5.38. The van der Waals surface area contributed by atoms with Gasteiger partial charge in [-0.25, -0.2) is 0 Å². The lowest BCUT2D eigenvalue weighted by atomic mass is 9.55. The van der Waals surface area contributed by atoms with E-state index in [1.54, 1.807) is 0 Å². The molecule has 0 radical (unpaired) electrons. The second-order valence-electron chi connectivity index (χ2n) is 6.62. The highest BCUT2D eigenvalue weighted by atomic mass is 16.3. The molecule has 0 amide bonds. The molecular weight excluding hydrogens is 172 g/mol. The lowest BCUT2D eigenvalue weighted by Gasteiger charge is -2.51. The first-order valence-electron chi connectivity index (χ1n) is 6.02. The number of hydrogen-bond acceptors (Lipinski definition) is 1. The second kappa shape index (κ2) is 2.75. The van der Waals surface area contributed by atoms with E-state index in [2.05, 4.69) is 27.7 Å². The Morgan fingerprint density at radius 2 is 1.64 bits per heavy atom. The standard InChI is InChI=1S/C13H24O/c1-11(2)7-5-8-12(3)10(11)6-9-13(12,4)14/h10,14H,5-9H2,1-4H3/t10?,12-,13+/m0/s1. The van der Waals surface area contributed by atoms with E-state index >= 15 is 0 Å². The maximum atomic E-state index is 10.5. The Balaban J connectivity index is 2.36. The van der Waals surface area contributed by atoms with E-state index in [-0.39, 0.29) is 5.41 Å². The van der Waals surface area contributed by atoms with Crippen molar-refractivity contribution in [3.63, 3.8) is 0 Å². The summed E-state index contributed by atoms with van der Waals surface area (Å²) in [5, 5.41) is 10.5. The first kappa shape index (κ1) is 10.5. The number of rotatable bonds is 0. The van der Waals surface area contributed by atoms with E-state index in [4.69, 9.17) is 0 Å². The van der Waals surface area contributed by atoms with Crippen LogP contribution in [0.4, 0.5) is 0 Å². The van der Waals surface area contributed by atoms with Crippen molar-refractivity contribution in [1.29, 1.82) is 0 Å². The van der Waals surface area contributed by atoms with Gasteiger partial charge in [-0.05, 0) is 49.4 Å². The van der Waals surface area contributed by atoms with Crippen molar-refractivity contribution in [2.24, 2.45) is 16.7 Å². The highest BCUT2D eigenvalue weighted by Crippen LogP contribution is 2.62. The zero-order chi connectivity index (χ0) is 10.6. The summed E-state index contributed by atoms with van der Waals surface area (Å²) in [6.07, 6.45) is 6.06. The monoisotopic (exact) mass is 196 g/mol. The Labute approximate surface area is 87.9 Å². The van der Waals surface area contributed by atoms with E-state index in [1.165, 1.54) is 25.7 Å². The van der Waals surface area contributed by atoms with Gasteiger partial charge in [0.1, 0.15) is 0 Å². The third kappa shape index (κ3) is 1.18. The normalized spacial score (nSPS) is 51.6. The van der Waals surface area contributed by atoms with Crippen LogP contribution < -0.4 is 0 Å². The van der Waals surface area contributed by atoms with Crippen LogP contribution in [0.5, 0.6) is 0 Å². The van der Waals surface area contributed by atoms with Crippen LogP contribution in [0, 0.1) is 16.7 Å². The molecule has 3 atom stereocenters. The molecule has 0 heterocycles. The summed E-state index contributed by atoms with van der Waals surface area (Å²) in [5.41, 5.74) is 0.192. The fourth-order valence-electron chi connectivity index (χ4n) is 4.19. The molecule has 2 saturated carbocycles. The van der Waals surface area contributed by atoms with Gasteiger partial charge >= 0.3 is 0 Å². The van der Waals surface area contributed by atoms with Crippen LogP contribution in [0.1, 0.15) is 59.8 Å². The van der Waals surface area contributed by atoms with E-state index < -0.39 is 5.60 Å². The zero-order valence-corrected chi connectivity index (χ0v) is 10.1. The molecule has 14 heavy (non-hydrogen) atoms. The van der Waals surface area contributed by atoms with Crippen LogP contribution in [0.15, 0.2) is 0 Å². The highest BCUT2D eigenvalue weighted by Gasteiger charge is 2.59. The Morgan fingerprint density at radius 1 is 1.00 bits per heavy atom. The maximum Gasteiger partial charge on any atom is 0.0676 e. The zero-order valence-electron chi connectivity index (χ0n) is 10.1. The number of aliphatic hydroxyl groups is 1. The highest BCUT2D eigenvalue weighted by molar-refractivity contribution is 5.09. The summed E-state index contributed by atoms with van der Waals surface area (Å²) in [6, 6.07) is 0. The molecule has 1 heteroatoms. The molecular formula is C13H24O. The lowest BCUT2D eigenvalue weighted by molar-refractivity contribution is -0.101. The molecule has 0 aromatic heterocycles. The van der Waals surface area contributed by atoms with Crippen molar-refractivity contribution < 1.29 is 5.11 Å². The Hall–Kier alpha value is -0.0400. The quantitative estimate of drug-likeness (QED) is 0.630. The van der Waals surface area contributed by atoms with Gasteiger partial charge < -0.3 is 5.11 Å². The van der Waals surface area contributed by atoms with Crippen molar-refractivity contribution >= 4 is 0 Å². The summed E-state index contributed by atoms with van der Waals surface area (Å²) in [4.78, 5) is 0. The van der Waals surface area contributed by atoms with Crippen molar-refractivity contribution in [3.8, 4) is 0 Å². The third-order valence-corrected chi connectivity index (χ3v) is 5.38. The molecule has 0 aromatic rings. The first-order valence-corrected chi connectivity index (χ1v) is 6.02. The fourth-order valence-corrected chi connectivity index (χ4v) is 4.19. The Bertz CT molecular complexity index is 242. The number of hydrogen-bond donors (Lipinski definition) is 1. The molecule has 2 rings (SSSR count). The van der Waals surface area contributed by atoms with Crippen LogP contribution in [0.25, 0.3) is 0 Å². The first-order chi connectivity index (χ1) is 6.30. The molecule has 2 aliphatic carbocycles. The van der Waals surface area contributed by atoms with Gasteiger partial charge in [0.05, 0.1) is 5.60 Å². The average Bonchev–Trinajstić information content (AvgIpc) is 2.23. The smallest absolute Gasteiger partial charge is 0.0676 e. The average molecular weight is 196 g/mol. The lowest BCUT2D eigenvalue weighted by Crippen LogP contribution is -2.49. The van der Waals surface area contributed by atoms with Gasteiger partial charge in [-0.3, -0.25) is 0 Å². The molecule has 0 bridgehead atoms.